The summed E-state index contributed by atoms with van der Waals surface area (Å²) >= 11 is 0. The van der Waals surface area contributed by atoms with Crippen molar-refractivity contribution in [3.05, 3.63) is 48.6 Å². The third-order valence-electron chi connectivity index (χ3n) is 11.3. The van der Waals surface area contributed by atoms with Gasteiger partial charge in [-0.3, -0.25) is 14.4 Å². The molecule has 0 bridgehead atoms. The van der Waals surface area contributed by atoms with Crippen molar-refractivity contribution in [1.29, 1.82) is 0 Å². The van der Waals surface area contributed by atoms with Crippen LogP contribution in [-0.4, -0.2) is 37.2 Å². The Morgan fingerprint density at radius 1 is 0.328 bits per heavy atom. The van der Waals surface area contributed by atoms with Crippen LogP contribution in [0.2, 0.25) is 0 Å². The first kappa shape index (κ1) is 58.4. The number of esters is 3. The number of allylic oxidation sites excluding steroid dienone is 8. The molecule has 0 aliphatic carbocycles. The largest absolute Gasteiger partial charge is 0.462 e. The number of carbonyl (C=O) groups excluding carboxylic acids is 3. The summed E-state index contributed by atoms with van der Waals surface area (Å²) in [6.07, 6.45) is 59.8. The lowest BCUT2D eigenvalue weighted by atomic mass is 10.0. The number of ether oxygens (including phenoxy) is 3. The molecule has 0 aromatic rings. The molecule has 0 N–H and O–H groups in total. The van der Waals surface area contributed by atoms with E-state index in [4.69, 9.17) is 14.2 Å². The zero-order valence-corrected chi connectivity index (χ0v) is 40.4. The first-order chi connectivity index (χ1) is 30.0. The molecular formula is C55H98O6. The molecule has 0 saturated heterocycles. The van der Waals surface area contributed by atoms with Crippen molar-refractivity contribution in [2.24, 2.45) is 0 Å². The summed E-state index contributed by atoms with van der Waals surface area (Å²) in [6, 6.07) is 0. The van der Waals surface area contributed by atoms with Crippen LogP contribution in [0.15, 0.2) is 48.6 Å². The summed E-state index contributed by atoms with van der Waals surface area (Å²) < 4.78 is 16.7. The van der Waals surface area contributed by atoms with Crippen LogP contribution in [0.5, 0.6) is 0 Å². The van der Waals surface area contributed by atoms with E-state index in [1.54, 1.807) is 0 Å². The summed E-state index contributed by atoms with van der Waals surface area (Å²) in [7, 11) is 0. The molecule has 354 valence electrons. The molecule has 61 heavy (non-hydrogen) atoms. The Morgan fingerprint density at radius 2 is 0.607 bits per heavy atom. The maximum atomic E-state index is 12.7. The van der Waals surface area contributed by atoms with Gasteiger partial charge in [-0.25, -0.2) is 0 Å². The Balaban J connectivity index is 4.15. The van der Waals surface area contributed by atoms with Crippen molar-refractivity contribution in [1.82, 2.24) is 0 Å². The van der Waals surface area contributed by atoms with E-state index < -0.39 is 6.10 Å². The van der Waals surface area contributed by atoms with Gasteiger partial charge in [-0.2, -0.15) is 0 Å². The fraction of sp³-hybridized carbons (Fsp3) is 0.800. The first-order valence-electron chi connectivity index (χ1n) is 26.1. The minimum Gasteiger partial charge on any atom is -0.462 e. The number of hydrogen-bond acceptors (Lipinski definition) is 6. The fourth-order valence-corrected chi connectivity index (χ4v) is 7.31. The molecular weight excluding hydrogens is 757 g/mol. The third-order valence-corrected chi connectivity index (χ3v) is 11.3. The second-order valence-electron chi connectivity index (χ2n) is 17.4. The first-order valence-corrected chi connectivity index (χ1v) is 26.1. The van der Waals surface area contributed by atoms with E-state index in [9.17, 15) is 14.4 Å². The van der Waals surface area contributed by atoms with Crippen LogP contribution in [0.1, 0.15) is 265 Å². The Hall–Kier alpha value is -2.63. The smallest absolute Gasteiger partial charge is 0.306 e. The third kappa shape index (κ3) is 48.3. The number of carbonyl (C=O) groups is 3. The Morgan fingerprint density at radius 3 is 0.951 bits per heavy atom. The zero-order valence-electron chi connectivity index (χ0n) is 40.4. The van der Waals surface area contributed by atoms with Gasteiger partial charge in [-0.15, -0.1) is 0 Å². The second-order valence-corrected chi connectivity index (χ2v) is 17.4. The van der Waals surface area contributed by atoms with Crippen molar-refractivity contribution in [2.45, 2.75) is 271 Å². The highest BCUT2D eigenvalue weighted by Crippen LogP contribution is 2.15. The highest BCUT2D eigenvalue weighted by molar-refractivity contribution is 5.71. The highest BCUT2D eigenvalue weighted by Gasteiger charge is 2.19. The molecule has 6 nitrogen and oxygen atoms in total. The van der Waals surface area contributed by atoms with Crippen LogP contribution in [0.25, 0.3) is 0 Å². The standard InChI is InChI=1S/C55H98O6/c1-4-7-10-13-16-18-20-22-24-25-26-27-28-29-30-31-32-34-35-37-39-42-45-48-54(57)60-51-52(50-59-53(56)47-44-41-15-12-9-6-3)61-55(58)49-46-43-40-38-36-33-23-21-19-17-14-11-8-5-2/h14,17,20-23,25-26,52H,4-13,15-16,18-19,24,27-51H2,1-3H3/b17-14-,22-20-,23-21-,26-25-. The summed E-state index contributed by atoms with van der Waals surface area (Å²) in [5, 5.41) is 0. The lowest BCUT2D eigenvalue weighted by Gasteiger charge is -2.18. The van der Waals surface area contributed by atoms with Crippen molar-refractivity contribution < 1.29 is 28.6 Å². The van der Waals surface area contributed by atoms with Gasteiger partial charge in [0.1, 0.15) is 13.2 Å². The van der Waals surface area contributed by atoms with Crippen molar-refractivity contribution >= 4 is 17.9 Å². The zero-order chi connectivity index (χ0) is 44.4. The van der Waals surface area contributed by atoms with Gasteiger partial charge in [0.05, 0.1) is 0 Å². The highest BCUT2D eigenvalue weighted by atomic mass is 16.6. The maximum Gasteiger partial charge on any atom is 0.306 e. The van der Waals surface area contributed by atoms with Crippen LogP contribution in [-0.2, 0) is 28.6 Å². The monoisotopic (exact) mass is 855 g/mol. The second kappa shape index (κ2) is 50.0. The molecule has 0 aromatic carbocycles. The molecule has 0 aromatic heterocycles. The minimum absolute atomic E-state index is 0.0788. The average molecular weight is 855 g/mol. The molecule has 0 amide bonds. The lowest BCUT2D eigenvalue weighted by molar-refractivity contribution is -0.167. The Kier molecular flexibility index (Phi) is 47.9. The summed E-state index contributed by atoms with van der Waals surface area (Å²) in [4.78, 5) is 37.7. The molecule has 1 unspecified atom stereocenters. The van der Waals surface area contributed by atoms with Crippen LogP contribution in [0.3, 0.4) is 0 Å². The molecule has 0 heterocycles. The number of unbranched alkanes of at least 4 members (excludes halogenated alkanes) is 28. The van der Waals surface area contributed by atoms with E-state index in [1.165, 1.54) is 135 Å². The fourth-order valence-electron chi connectivity index (χ4n) is 7.31. The van der Waals surface area contributed by atoms with Crippen LogP contribution < -0.4 is 0 Å². The van der Waals surface area contributed by atoms with Gasteiger partial charge >= 0.3 is 17.9 Å². The van der Waals surface area contributed by atoms with Gasteiger partial charge in [0.2, 0.25) is 0 Å². The van der Waals surface area contributed by atoms with E-state index in [-0.39, 0.29) is 31.1 Å². The van der Waals surface area contributed by atoms with E-state index in [1.807, 2.05) is 0 Å². The summed E-state index contributed by atoms with van der Waals surface area (Å²) in [6.45, 7) is 6.52. The lowest BCUT2D eigenvalue weighted by Crippen LogP contribution is -2.30. The molecule has 0 rings (SSSR count). The van der Waals surface area contributed by atoms with Crippen LogP contribution in [0, 0.1) is 0 Å². The Bertz CT molecular complexity index is 1070. The van der Waals surface area contributed by atoms with Gasteiger partial charge in [0.15, 0.2) is 6.10 Å². The van der Waals surface area contributed by atoms with Gasteiger partial charge in [0.25, 0.3) is 0 Å². The normalized spacial score (nSPS) is 12.4. The number of hydrogen-bond donors (Lipinski definition) is 0. The van der Waals surface area contributed by atoms with Crippen LogP contribution >= 0.6 is 0 Å². The molecule has 0 aliphatic rings. The van der Waals surface area contributed by atoms with Gasteiger partial charge in [-0.05, 0) is 77.0 Å². The SMILES string of the molecule is CCCC/C=C\C/C=C\CCCCCCCC(=O)OC(COC(=O)CCCCCCCC)COC(=O)CCCCCCCCCCCCC/C=C\C/C=C\CCCCCCC. The van der Waals surface area contributed by atoms with Crippen molar-refractivity contribution in [3.8, 4) is 0 Å². The van der Waals surface area contributed by atoms with Crippen molar-refractivity contribution in [2.75, 3.05) is 13.2 Å². The van der Waals surface area contributed by atoms with E-state index >= 15 is 0 Å². The summed E-state index contributed by atoms with van der Waals surface area (Å²) in [5.41, 5.74) is 0. The van der Waals surface area contributed by atoms with Crippen molar-refractivity contribution in [3.63, 3.8) is 0 Å². The molecule has 6 heteroatoms. The molecule has 0 radical (unpaired) electrons. The molecule has 0 aliphatic heterocycles. The maximum absolute atomic E-state index is 12.7. The minimum atomic E-state index is -0.776. The van der Waals surface area contributed by atoms with Crippen LogP contribution in [0.4, 0.5) is 0 Å². The van der Waals surface area contributed by atoms with E-state index in [0.717, 1.165) is 89.9 Å². The topological polar surface area (TPSA) is 78.9 Å². The van der Waals surface area contributed by atoms with E-state index in [0.29, 0.717) is 19.3 Å². The Labute approximate surface area is 378 Å². The predicted molar refractivity (Wildman–Crippen MR) is 261 cm³/mol. The predicted octanol–water partition coefficient (Wildman–Crippen LogP) is 17.1. The number of rotatable bonds is 47. The van der Waals surface area contributed by atoms with E-state index in [2.05, 4.69) is 69.4 Å². The summed E-state index contributed by atoms with van der Waals surface area (Å²) in [5.74, 6) is -0.899. The molecule has 1 atom stereocenters. The average Bonchev–Trinajstić information content (AvgIpc) is 3.26. The van der Waals surface area contributed by atoms with Gasteiger partial charge in [-0.1, -0.05) is 217 Å². The molecule has 0 spiro atoms. The molecule has 0 fully saturated rings. The van der Waals surface area contributed by atoms with Gasteiger partial charge in [0, 0.05) is 19.3 Å². The quantitative estimate of drug-likeness (QED) is 0.0263. The molecule has 0 saturated carbocycles. The van der Waals surface area contributed by atoms with Gasteiger partial charge < -0.3 is 14.2 Å².